The Morgan fingerprint density at radius 2 is 1.89 bits per heavy atom. The van der Waals surface area contributed by atoms with Crippen LogP contribution in [0.2, 0.25) is 0 Å². The summed E-state index contributed by atoms with van der Waals surface area (Å²) in [6.45, 7) is 1.65. The lowest BCUT2D eigenvalue weighted by molar-refractivity contribution is -0.153. The van der Waals surface area contributed by atoms with Crippen LogP contribution < -0.4 is 0 Å². The number of esters is 1. The highest BCUT2D eigenvalue weighted by atomic mass is 35.6. The van der Waals surface area contributed by atoms with E-state index in [9.17, 15) is 9.59 Å². The number of carboxylic acids is 1. The molecule has 0 aromatic rings. The third-order valence-electron chi connectivity index (χ3n) is 2.29. The van der Waals surface area contributed by atoms with Gasteiger partial charge in [-0.2, -0.15) is 0 Å². The molecule has 0 unspecified atom stereocenters. The first-order valence-electron chi connectivity index (χ1n) is 5.71. The standard InChI is InChI=1S/C11H17Cl3O4/c1-2-3-4-5-8(6-9(15)16)10(17)18-7-11(12,13)14/h8H,2-7H2,1H3,(H,15,16)/t8-/m0/s1. The van der Waals surface area contributed by atoms with E-state index in [0.717, 1.165) is 19.3 Å². The predicted molar refractivity (Wildman–Crippen MR) is 71.1 cm³/mol. The second-order valence-electron chi connectivity index (χ2n) is 4.01. The maximum absolute atomic E-state index is 11.7. The van der Waals surface area contributed by atoms with E-state index in [0.29, 0.717) is 6.42 Å². The van der Waals surface area contributed by atoms with E-state index in [2.05, 4.69) is 0 Å². The van der Waals surface area contributed by atoms with Gasteiger partial charge in [0.2, 0.25) is 3.79 Å². The summed E-state index contributed by atoms with van der Waals surface area (Å²) in [6, 6.07) is 0. The summed E-state index contributed by atoms with van der Waals surface area (Å²) in [6.07, 6.45) is 2.91. The molecule has 0 radical (unpaired) electrons. The molecule has 106 valence electrons. The van der Waals surface area contributed by atoms with Crippen molar-refractivity contribution in [1.29, 1.82) is 0 Å². The number of unbranched alkanes of at least 4 members (excludes halogenated alkanes) is 2. The molecule has 0 heterocycles. The van der Waals surface area contributed by atoms with Crippen LogP contribution in [-0.4, -0.2) is 27.4 Å². The Morgan fingerprint density at radius 3 is 2.33 bits per heavy atom. The number of hydrogen-bond donors (Lipinski definition) is 1. The van der Waals surface area contributed by atoms with Crippen LogP contribution in [0.25, 0.3) is 0 Å². The lowest BCUT2D eigenvalue weighted by atomic mass is 9.98. The van der Waals surface area contributed by atoms with Gasteiger partial charge in [-0.15, -0.1) is 0 Å². The van der Waals surface area contributed by atoms with Crippen LogP contribution in [0.5, 0.6) is 0 Å². The Balaban J connectivity index is 4.26. The Hall–Kier alpha value is -0.190. The van der Waals surface area contributed by atoms with Gasteiger partial charge in [0.05, 0.1) is 12.3 Å². The fourth-order valence-corrected chi connectivity index (χ4v) is 1.59. The molecule has 0 aliphatic carbocycles. The average molecular weight is 320 g/mol. The quantitative estimate of drug-likeness (QED) is 0.422. The Labute approximate surface area is 122 Å². The van der Waals surface area contributed by atoms with E-state index in [1.54, 1.807) is 0 Å². The van der Waals surface area contributed by atoms with Gasteiger partial charge in [-0.25, -0.2) is 0 Å². The monoisotopic (exact) mass is 318 g/mol. The number of aliphatic carboxylic acids is 1. The zero-order valence-corrected chi connectivity index (χ0v) is 12.4. The Morgan fingerprint density at radius 1 is 1.28 bits per heavy atom. The van der Waals surface area contributed by atoms with E-state index >= 15 is 0 Å². The number of carboxylic acid groups (broad SMARTS) is 1. The first kappa shape index (κ1) is 17.8. The van der Waals surface area contributed by atoms with Crippen LogP contribution in [0.1, 0.15) is 39.0 Å². The van der Waals surface area contributed by atoms with Crippen molar-refractivity contribution in [1.82, 2.24) is 0 Å². The number of rotatable bonds is 8. The van der Waals surface area contributed by atoms with E-state index in [1.807, 2.05) is 6.92 Å². The molecule has 0 bridgehead atoms. The van der Waals surface area contributed by atoms with E-state index in [-0.39, 0.29) is 13.0 Å². The molecule has 0 aromatic carbocycles. The van der Waals surface area contributed by atoms with Gasteiger partial charge in [-0.1, -0.05) is 61.0 Å². The van der Waals surface area contributed by atoms with Crippen molar-refractivity contribution in [2.45, 2.75) is 42.8 Å². The SMILES string of the molecule is CCCCC[C@@H](CC(=O)O)C(=O)OCC(Cl)(Cl)Cl. The van der Waals surface area contributed by atoms with Crippen molar-refractivity contribution < 1.29 is 19.4 Å². The van der Waals surface area contributed by atoms with Crippen LogP contribution in [0.15, 0.2) is 0 Å². The van der Waals surface area contributed by atoms with Crippen LogP contribution in [0.3, 0.4) is 0 Å². The number of hydrogen-bond acceptors (Lipinski definition) is 3. The lowest BCUT2D eigenvalue weighted by Crippen LogP contribution is -2.25. The van der Waals surface area contributed by atoms with Crippen molar-refractivity contribution in [3.05, 3.63) is 0 Å². The molecule has 0 rings (SSSR count). The second-order valence-corrected chi connectivity index (χ2v) is 6.53. The van der Waals surface area contributed by atoms with Crippen molar-refractivity contribution >= 4 is 46.7 Å². The fourth-order valence-electron chi connectivity index (χ4n) is 1.43. The Bertz CT molecular complexity index is 276. The van der Waals surface area contributed by atoms with Crippen LogP contribution in [-0.2, 0) is 14.3 Å². The number of ether oxygens (including phenoxy) is 1. The molecule has 0 aliphatic rings. The van der Waals surface area contributed by atoms with Gasteiger partial charge in [0.25, 0.3) is 0 Å². The number of halogens is 3. The van der Waals surface area contributed by atoms with Gasteiger partial charge in [0.1, 0.15) is 6.61 Å². The number of alkyl halides is 3. The third kappa shape index (κ3) is 9.80. The highest BCUT2D eigenvalue weighted by Crippen LogP contribution is 2.27. The van der Waals surface area contributed by atoms with Crippen molar-refractivity contribution in [2.24, 2.45) is 5.92 Å². The molecule has 0 fully saturated rings. The maximum atomic E-state index is 11.7. The summed E-state index contributed by atoms with van der Waals surface area (Å²) in [5.74, 6) is -2.34. The minimum Gasteiger partial charge on any atom is -0.481 e. The van der Waals surface area contributed by atoms with Crippen LogP contribution in [0.4, 0.5) is 0 Å². The molecule has 0 saturated heterocycles. The van der Waals surface area contributed by atoms with Gasteiger partial charge in [-0.3, -0.25) is 9.59 Å². The molecule has 1 N–H and O–H groups in total. The fraction of sp³-hybridized carbons (Fsp3) is 0.818. The summed E-state index contributed by atoms with van der Waals surface area (Å²) < 4.78 is 3.13. The second kappa shape index (κ2) is 8.83. The molecular weight excluding hydrogens is 302 g/mol. The molecule has 0 saturated carbocycles. The van der Waals surface area contributed by atoms with Crippen molar-refractivity contribution in [3.8, 4) is 0 Å². The smallest absolute Gasteiger partial charge is 0.309 e. The summed E-state index contributed by atoms with van der Waals surface area (Å²) in [5.41, 5.74) is 0. The van der Waals surface area contributed by atoms with Crippen LogP contribution in [0, 0.1) is 5.92 Å². The lowest BCUT2D eigenvalue weighted by Gasteiger charge is -2.16. The predicted octanol–water partition coefficient (Wildman–Crippen LogP) is 3.57. The zero-order chi connectivity index (χ0) is 14.2. The van der Waals surface area contributed by atoms with Gasteiger partial charge < -0.3 is 9.84 Å². The molecule has 0 aromatic heterocycles. The average Bonchev–Trinajstić information content (AvgIpc) is 2.23. The zero-order valence-electron chi connectivity index (χ0n) is 10.1. The largest absolute Gasteiger partial charge is 0.481 e. The third-order valence-corrected chi connectivity index (χ3v) is 2.62. The molecule has 1 atom stereocenters. The highest BCUT2D eigenvalue weighted by molar-refractivity contribution is 6.67. The minimum atomic E-state index is -1.67. The summed E-state index contributed by atoms with van der Waals surface area (Å²) in [5, 5.41) is 8.73. The molecule has 18 heavy (non-hydrogen) atoms. The van der Waals surface area contributed by atoms with Crippen molar-refractivity contribution in [2.75, 3.05) is 6.61 Å². The molecular formula is C11H17Cl3O4. The first-order valence-corrected chi connectivity index (χ1v) is 6.84. The number of carbonyl (C=O) groups excluding carboxylic acids is 1. The number of carbonyl (C=O) groups is 2. The van der Waals surface area contributed by atoms with Gasteiger partial charge in [0.15, 0.2) is 0 Å². The van der Waals surface area contributed by atoms with Crippen LogP contribution >= 0.6 is 34.8 Å². The normalized spacial score (nSPS) is 13.1. The summed E-state index contributed by atoms with van der Waals surface area (Å²) in [4.78, 5) is 22.3. The topological polar surface area (TPSA) is 63.6 Å². The molecule has 4 nitrogen and oxygen atoms in total. The van der Waals surface area contributed by atoms with E-state index < -0.39 is 21.6 Å². The van der Waals surface area contributed by atoms with Gasteiger partial charge >= 0.3 is 11.9 Å². The van der Waals surface area contributed by atoms with Gasteiger partial charge in [-0.05, 0) is 6.42 Å². The maximum Gasteiger partial charge on any atom is 0.309 e. The first-order chi connectivity index (χ1) is 8.26. The summed E-state index contributed by atoms with van der Waals surface area (Å²) in [7, 11) is 0. The van der Waals surface area contributed by atoms with E-state index in [1.165, 1.54) is 0 Å². The van der Waals surface area contributed by atoms with Crippen molar-refractivity contribution in [3.63, 3.8) is 0 Å². The molecule has 7 heteroatoms. The molecule has 0 aliphatic heterocycles. The molecule has 0 spiro atoms. The minimum absolute atomic E-state index is 0.262. The van der Waals surface area contributed by atoms with E-state index in [4.69, 9.17) is 44.6 Å². The summed E-state index contributed by atoms with van der Waals surface area (Å²) >= 11 is 16.4. The highest BCUT2D eigenvalue weighted by Gasteiger charge is 2.27. The Kier molecular flexibility index (Phi) is 8.74. The van der Waals surface area contributed by atoms with Gasteiger partial charge in [0, 0.05) is 0 Å². The molecule has 0 amide bonds.